The first-order chi connectivity index (χ1) is 23.1. The van der Waals surface area contributed by atoms with E-state index in [9.17, 15) is 65.8 Å². The Balaban J connectivity index is 1.52. The maximum absolute atomic E-state index is 11.7. The summed E-state index contributed by atoms with van der Waals surface area (Å²) in [6, 6.07) is 3.32. The number of hydrogen-bond acceptors (Lipinski definition) is 18. The molecule has 0 radical (unpaired) electrons. The molecule has 3 heterocycles. The summed E-state index contributed by atoms with van der Waals surface area (Å²) in [7, 11) is 0. The van der Waals surface area contributed by atoms with E-state index in [0.29, 0.717) is 0 Å². The molecule has 0 amide bonds. The second-order valence-electron chi connectivity index (χ2n) is 11.5. The van der Waals surface area contributed by atoms with Crippen molar-refractivity contribution >= 4 is 17.7 Å². The Morgan fingerprint density at radius 3 is 2.12 bits per heavy atom. The van der Waals surface area contributed by atoms with Gasteiger partial charge in [0, 0.05) is 22.8 Å². The summed E-state index contributed by atoms with van der Waals surface area (Å²) in [6.07, 6.45) is -18.4. The molecule has 11 unspecified atom stereocenters. The third-order valence-electron chi connectivity index (χ3n) is 8.23. The van der Waals surface area contributed by atoms with Gasteiger partial charge in [-0.3, -0.25) is 9.59 Å². The number of ether oxygens (including phenoxy) is 5. The van der Waals surface area contributed by atoms with E-state index in [1.54, 1.807) is 0 Å². The zero-order chi connectivity index (χ0) is 35.9. The lowest BCUT2D eigenvalue weighted by molar-refractivity contribution is -0.291. The van der Waals surface area contributed by atoms with E-state index in [1.807, 2.05) is 0 Å². The van der Waals surface area contributed by atoms with Gasteiger partial charge in [0.25, 0.3) is 0 Å². The van der Waals surface area contributed by atoms with Crippen LogP contribution in [0.3, 0.4) is 0 Å². The zero-order valence-corrected chi connectivity index (χ0v) is 25.1. The number of hydrogen-bond donors (Lipinski definition) is 12. The molecule has 5 rings (SSSR count). The molecule has 3 aliphatic heterocycles. The van der Waals surface area contributed by atoms with Gasteiger partial charge in [-0.1, -0.05) is 0 Å². The minimum atomic E-state index is -1.98. The van der Waals surface area contributed by atoms with Gasteiger partial charge in [-0.25, -0.2) is 0 Å². The molecule has 49 heavy (non-hydrogen) atoms. The van der Waals surface area contributed by atoms with Crippen LogP contribution in [-0.2, 0) is 33.3 Å². The van der Waals surface area contributed by atoms with Gasteiger partial charge in [-0.15, -0.1) is 0 Å². The van der Waals surface area contributed by atoms with E-state index in [-0.39, 0.29) is 28.2 Å². The highest BCUT2D eigenvalue weighted by Gasteiger charge is 2.51. The molecule has 11 atom stereocenters. The Labute approximate surface area is 275 Å². The van der Waals surface area contributed by atoms with Crippen molar-refractivity contribution in [1.29, 1.82) is 0 Å². The Morgan fingerprint density at radius 2 is 1.47 bits per heavy atom. The number of carbonyl (C=O) groups is 2. The molecular formula is C30H34O19. The lowest BCUT2D eigenvalue weighted by Crippen LogP contribution is -2.60. The fourth-order valence-corrected chi connectivity index (χ4v) is 5.63. The Kier molecular flexibility index (Phi) is 10.4. The van der Waals surface area contributed by atoms with Gasteiger partial charge >= 0.3 is 11.9 Å². The van der Waals surface area contributed by atoms with Crippen LogP contribution in [0.25, 0.3) is 5.76 Å². The number of carbonyl (C=O) groups excluding carboxylic acids is 1. The maximum Gasteiger partial charge on any atom is 0.317 e. The average molecular weight is 699 g/mol. The quantitative estimate of drug-likeness (QED) is 0.0696. The molecule has 1 aliphatic carbocycles. The van der Waals surface area contributed by atoms with E-state index in [2.05, 4.69) is 0 Å². The van der Waals surface area contributed by atoms with Gasteiger partial charge in [-0.2, -0.15) is 0 Å². The number of rotatable bonds is 9. The van der Waals surface area contributed by atoms with Crippen LogP contribution in [0.2, 0.25) is 0 Å². The number of phenols is 2. The van der Waals surface area contributed by atoms with Crippen molar-refractivity contribution in [2.24, 2.45) is 0 Å². The monoisotopic (exact) mass is 698 g/mol. The fourth-order valence-electron chi connectivity index (χ4n) is 5.63. The highest BCUT2D eigenvalue weighted by molar-refractivity contribution is 5.90. The van der Waals surface area contributed by atoms with Crippen LogP contribution in [0, 0.1) is 0 Å². The first-order valence-electron chi connectivity index (χ1n) is 14.7. The third-order valence-corrected chi connectivity index (χ3v) is 8.23. The number of carboxylic acids is 1. The summed E-state index contributed by atoms with van der Waals surface area (Å²) in [5, 5.41) is 124. The summed E-state index contributed by atoms with van der Waals surface area (Å²) in [4.78, 5) is 22.5. The Hall–Kier alpha value is -4.44. The Bertz CT molecular complexity index is 1580. The van der Waals surface area contributed by atoms with Crippen LogP contribution in [0.4, 0.5) is 0 Å². The molecule has 0 spiro atoms. The molecule has 0 saturated carbocycles. The highest BCUT2D eigenvalue weighted by atomic mass is 16.7. The number of aliphatic hydroxyl groups excluding tert-OH is 9. The summed E-state index contributed by atoms with van der Waals surface area (Å²) >= 11 is 0. The normalized spacial score (nSPS) is 34.7. The minimum absolute atomic E-state index is 0.0349. The summed E-state index contributed by atoms with van der Waals surface area (Å²) < 4.78 is 28.0. The largest absolute Gasteiger partial charge is 0.508 e. The molecule has 1 aromatic carbocycles. The smallest absolute Gasteiger partial charge is 0.317 e. The highest BCUT2D eigenvalue weighted by Crippen LogP contribution is 2.44. The summed E-state index contributed by atoms with van der Waals surface area (Å²) in [6.45, 7) is -1.57. The van der Waals surface area contributed by atoms with Gasteiger partial charge in [0.05, 0.1) is 6.61 Å². The molecule has 1 aromatic rings. The van der Waals surface area contributed by atoms with Crippen molar-refractivity contribution in [1.82, 2.24) is 0 Å². The third kappa shape index (κ3) is 7.02. The number of phenolic OH excluding ortho intramolecular Hbond substituents is 2. The molecule has 4 aliphatic rings. The number of aliphatic hydroxyl groups is 9. The zero-order valence-electron chi connectivity index (χ0n) is 25.1. The number of aromatic hydroxyl groups is 2. The molecule has 0 aromatic heterocycles. The van der Waals surface area contributed by atoms with Crippen molar-refractivity contribution in [3.8, 4) is 11.5 Å². The standard InChI is InChI=1S/C30H34O19/c31-7-16-21(39)23(41)25(43)29(46-16)20-14(35)5-12(33)10-4-15(27(49-28(10)20)9-1-2-11(32)13(34)3-9)47-30-26(44)24(42)22(40)17(48-30)8-45-19(38)6-18(36)37/h1-5,16-17,21-26,28-35,39-44H,6-8H2,(H,36,37). The fraction of sp³-hybridized carbons (Fsp3) is 0.467. The molecule has 2 fully saturated rings. The second-order valence-corrected chi connectivity index (χ2v) is 11.5. The molecule has 12 N–H and O–H groups in total. The SMILES string of the molecule is O=C(O)CC(=O)OCC1OC(OC2=C(c3ccc(O)c(O)c3)OC3C(=C2)C(O)=CC(O)=C3C2OC(CO)C(O)C(O)C2O)C(O)C(O)C1O. The topological polar surface area (TPSA) is 323 Å². The predicted octanol–water partition coefficient (Wildman–Crippen LogP) is -2.96. The van der Waals surface area contributed by atoms with Crippen molar-refractivity contribution in [3.05, 3.63) is 64.3 Å². The van der Waals surface area contributed by atoms with Crippen molar-refractivity contribution < 1.29 is 94.6 Å². The first kappa shape index (κ1) is 35.9. The number of aliphatic carboxylic acids is 1. The molecule has 19 nitrogen and oxygen atoms in total. The van der Waals surface area contributed by atoms with Gasteiger partial charge in [-0.05, 0) is 24.3 Å². The number of fused-ring (bicyclic) bond motifs is 1. The number of allylic oxidation sites excluding steroid dienone is 2. The molecule has 19 heteroatoms. The van der Waals surface area contributed by atoms with Gasteiger partial charge in [0.2, 0.25) is 6.29 Å². The second kappa shape index (κ2) is 14.2. The molecule has 268 valence electrons. The van der Waals surface area contributed by atoms with E-state index < -0.39 is 122 Å². The number of esters is 1. The molecule has 2 saturated heterocycles. The summed E-state index contributed by atoms with van der Waals surface area (Å²) in [5.41, 5.74) is -0.514. The van der Waals surface area contributed by atoms with Gasteiger partial charge < -0.3 is 85.0 Å². The summed E-state index contributed by atoms with van der Waals surface area (Å²) in [5.74, 6) is -5.90. The predicted molar refractivity (Wildman–Crippen MR) is 155 cm³/mol. The van der Waals surface area contributed by atoms with Crippen LogP contribution < -0.4 is 0 Å². The van der Waals surface area contributed by atoms with Crippen molar-refractivity contribution in [3.63, 3.8) is 0 Å². The van der Waals surface area contributed by atoms with E-state index in [1.165, 1.54) is 6.07 Å². The van der Waals surface area contributed by atoms with Gasteiger partial charge in [0.1, 0.15) is 79.5 Å². The van der Waals surface area contributed by atoms with E-state index in [0.717, 1.165) is 24.3 Å². The molecule has 0 bridgehead atoms. The van der Waals surface area contributed by atoms with Crippen LogP contribution in [0.15, 0.2) is 58.8 Å². The average Bonchev–Trinajstić information content (AvgIpc) is 3.05. The van der Waals surface area contributed by atoms with Crippen molar-refractivity contribution in [2.75, 3.05) is 13.2 Å². The molecular weight excluding hydrogens is 664 g/mol. The van der Waals surface area contributed by atoms with Gasteiger partial charge in [0.15, 0.2) is 29.1 Å². The first-order valence-corrected chi connectivity index (χ1v) is 14.7. The van der Waals surface area contributed by atoms with Crippen LogP contribution >= 0.6 is 0 Å². The van der Waals surface area contributed by atoms with Crippen molar-refractivity contribution in [2.45, 2.75) is 73.8 Å². The number of carboxylic acid groups (broad SMARTS) is 1. The van der Waals surface area contributed by atoms with Crippen LogP contribution in [0.1, 0.15) is 12.0 Å². The number of benzene rings is 1. The van der Waals surface area contributed by atoms with Crippen LogP contribution in [0.5, 0.6) is 11.5 Å². The van der Waals surface area contributed by atoms with E-state index in [4.69, 9.17) is 28.8 Å². The maximum atomic E-state index is 11.7. The minimum Gasteiger partial charge on any atom is -0.508 e. The van der Waals surface area contributed by atoms with Crippen LogP contribution in [-0.4, -0.2) is 154 Å². The Morgan fingerprint density at radius 1 is 0.796 bits per heavy atom. The lowest BCUT2D eigenvalue weighted by Gasteiger charge is -2.44. The van der Waals surface area contributed by atoms with E-state index >= 15 is 0 Å². The lowest BCUT2D eigenvalue weighted by atomic mass is 9.82.